The van der Waals surface area contributed by atoms with Crippen LogP contribution in [-0.4, -0.2) is 24.1 Å². The first-order valence-electron chi connectivity index (χ1n) is 8.09. The molecule has 0 N–H and O–H groups in total. The lowest BCUT2D eigenvalue weighted by Gasteiger charge is -2.18. The number of ether oxygens (including phenoxy) is 2. The van der Waals surface area contributed by atoms with Crippen molar-refractivity contribution in [3.8, 4) is 0 Å². The highest BCUT2D eigenvalue weighted by atomic mass is 35.5. The third-order valence-corrected chi connectivity index (χ3v) is 5.39. The molecule has 0 aromatic heterocycles. The van der Waals surface area contributed by atoms with Gasteiger partial charge >= 0.3 is 5.97 Å². The summed E-state index contributed by atoms with van der Waals surface area (Å²) in [5.41, 5.74) is 1.22. The quantitative estimate of drug-likeness (QED) is 0.411. The highest BCUT2D eigenvalue weighted by molar-refractivity contribution is 6.26. The number of fused-ring (bicyclic) bond motifs is 1. The molecule has 2 saturated carbocycles. The van der Waals surface area contributed by atoms with Gasteiger partial charge in [0.05, 0.1) is 6.61 Å². The second kappa shape index (κ2) is 6.59. The van der Waals surface area contributed by atoms with Crippen LogP contribution in [0.1, 0.15) is 44.1 Å². The Bertz CT molecular complexity index is 518. The maximum Gasteiger partial charge on any atom is 0.321 e. The summed E-state index contributed by atoms with van der Waals surface area (Å²) in [5.74, 6) is -0.316. The van der Waals surface area contributed by atoms with Crippen molar-refractivity contribution in [1.29, 1.82) is 0 Å². The molecule has 0 radical (unpaired) electrons. The molecular formula is C18H23ClO3. The van der Waals surface area contributed by atoms with Crippen LogP contribution in [0.2, 0.25) is 0 Å². The Hall–Kier alpha value is -1.06. The van der Waals surface area contributed by atoms with E-state index in [0.29, 0.717) is 6.61 Å². The molecule has 0 unspecified atom stereocenters. The van der Waals surface area contributed by atoms with Crippen LogP contribution >= 0.6 is 11.6 Å². The molecule has 22 heavy (non-hydrogen) atoms. The molecule has 0 aliphatic heterocycles. The van der Waals surface area contributed by atoms with Crippen LogP contribution in [-0.2, 0) is 20.9 Å². The van der Waals surface area contributed by atoms with E-state index in [9.17, 15) is 4.79 Å². The van der Waals surface area contributed by atoms with Crippen molar-refractivity contribution in [2.45, 2.75) is 50.7 Å². The van der Waals surface area contributed by atoms with Crippen molar-refractivity contribution in [1.82, 2.24) is 0 Å². The number of hydrogen-bond donors (Lipinski definition) is 0. The molecule has 0 bridgehead atoms. The van der Waals surface area contributed by atoms with Crippen molar-refractivity contribution >= 4 is 17.6 Å². The van der Waals surface area contributed by atoms with Gasteiger partial charge in [-0.05, 0) is 44.1 Å². The van der Waals surface area contributed by atoms with Gasteiger partial charge in [0.25, 0.3) is 0 Å². The number of carbonyl (C=O) groups excluding carboxylic acids is 1. The fourth-order valence-electron chi connectivity index (χ4n) is 4.04. The topological polar surface area (TPSA) is 35.5 Å². The van der Waals surface area contributed by atoms with Crippen LogP contribution in [0.5, 0.6) is 0 Å². The molecular weight excluding hydrogens is 300 g/mol. The van der Waals surface area contributed by atoms with E-state index in [2.05, 4.69) is 12.1 Å². The highest BCUT2D eigenvalue weighted by Crippen LogP contribution is 2.71. The van der Waals surface area contributed by atoms with Gasteiger partial charge in [0.1, 0.15) is 11.5 Å². The first kappa shape index (κ1) is 15.8. The molecule has 4 heteroatoms. The third-order valence-electron chi connectivity index (χ3n) is 5.18. The van der Waals surface area contributed by atoms with Gasteiger partial charge in [0.2, 0.25) is 0 Å². The van der Waals surface area contributed by atoms with Crippen LogP contribution in [0.15, 0.2) is 30.3 Å². The van der Waals surface area contributed by atoms with E-state index < -0.39 is 0 Å². The van der Waals surface area contributed by atoms with Crippen molar-refractivity contribution in [2.75, 3.05) is 12.5 Å². The zero-order valence-electron chi connectivity index (χ0n) is 12.9. The number of rotatable bonds is 8. The highest BCUT2D eigenvalue weighted by Gasteiger charge is 2.71. The number of esters is 1. The summed E-state index contributed by atoms with van der Waals surface area (Å²) >= 11 is 5.57. The molecule has 0 saturated heterocycles. The minimum absolute atomic E-state index is 0.0436. The summed E-state index contributed by atoms with van der Waals surface area (Å²) in [7, 11) is 0. The molecule has 2 atom stereocenters. The Morgan fingerprint density at radius 2 is 2.05 bits per heavy atom. The van der Waals surface area contributed by atoms with Crippen LogP contribution < -0.4 is 0 Å². The van der Waals surface area contributed by atoms with Crippen molar-refractivity contribution in [3.63, 3.8) is 0 Å². The first-order valence-corrected chi connectivity index (χ1v) is 8.63. The molecule has 2 aliphatic carbocycles. The normalized spacial score (nSPS) is 29.1. The van der Waals surface area contributed by atoms with E-state index in [4.69, 9.17) is 21.1 Å². The van der Waals surface area contributed by atoms with Gasteiger partial charge in [-0.2, -0.15) is 0 Å². The van der Waals surface area contributed by atoms with Crippen molar-refractivity contribution in [2.24, 2.45) is 5.41 Å². The molecule has 0 spiro atoms. The maximum absolute atomic E-state index is 11.5. The minimum atomic E-state index is -0.272. The minimum Gasteiger partial charge on any atom is -0.458 e. The van der Waals surface area contributed by atoms with E-state index in [1.165, 1.54) is 12.0 Å². The van der Waals surface area contributed by atoms with E-state index in [0.717, 1.165) is 38.7 Å². The zero-order chi connectivity index (χ0) is 15.5. The Morgan fingerprint density at radius 1 is 1.23 bits per heavy atom. The molecule has 3 rings (SSSR count). The SMILES string of the molecule is O=C(CCl)O[C@@]12CCC[C@]1(CCCOCc1ccccc1)C2. The lowest BCUT2D eigenvalue weighted by Crippen LogP contribution is -2.24. The van der Waals surface area contributed by atoms with Crippen molar-refractivity contribution < 1.29 is 14.3 Å². The van der Waals surface area contributed by atoms with Crippen LogP contribution in [0.3, 0.4) is 0 Å². The average Bonchev–Trinajstić information content (AvgIpc) is 3.01. The van der Waals surface area contributed by atoms with Crippen LogP contribution in [0, 0.1) is 5.41 Å². The number of benzene rings is 1. The summed E-state index contributed by atoms with van der Waals surface area (Å²) in [6.07, 6.45) is 6.44. The molecule has 3 nitrogen and oxygen atoms in total. The van der Waals surface area contributed by atoms with E-state index >= 15 is 0 Å². The zero-order valence-corrected chi connectivity index (χ0v) is 13.6. The summed E-state index contributed by atoms with van der Waals surface area (Å²) in [5, 5.41) is 0. The predicted octanol–water partition coefficient (Wildman–Crippen LogP) is 4.08. The summed E-state index contributed by atoms with van der Waals surface area (Å²) in [6.45, 7) is 1.43. The first-order chi connectivity index (χ1) is 10.7. The van der Waals surface area contributed by atoms with E-state index in [1.807, 2.05) is 18.2 Å². The van der Waals surface area contributed by atoms with Gasteiger partial charge in [-0.15, -0.1) is 11.6 Å². The smallest absolute Gasteiger partial charge is 0.321 e. The van der Waals surface area contributed by atoms with E-state index in [-0.39, 0.29) is 22.9 Å². The second-order valence-electron chi connectivity index (χ2n) is 6.55. The summed E-state index contributed by atoms with van der Waals surface area (Å²) in [6, 6.07) is 10.2. The summed E-state index contributed by atoms with van der Waals surface area (Å²) in [4.78, 5) is 11.5. The molecule has 1 aromatic rings. The largest absolute Gasteiger partial charge is 0.458 e. The lowest BCUT2D eigenvalue weighted by molar-refractivity contribution is -0.149. The van der Waals surface area contributed by atoms with Crippen LogP contribution in [0.25, 0.3) is 0 Å². The van der Waals surface area contributed by atoms with Crippen LogP contribution in [0.4, 0.5) is 0 Å². The Balaban J connectivity index is 1.40. The molecule has 0 amide bonds. The fourth-order valence-corrected chi connectivity index (χ4v) is 4.10. The van der Waals surface area contributed by atoms with Crippen molar-refractivity contribution in [3.05, 3.63) is 35.9 Å². The Labute approximate surface area is 136 Å². The van der Waals surface area contributed by atoms with E-state index in [1.54, 1.807) is 0 Å². The fraction of sp³-hybridized carbons (Fsp3) is 0.611. The maximum atomic E-state index is 11.5. The van der Waals surface area contributed by atoms with Gasteiger partial charge in [-0.3, -0.25) is 4.79 Å². The Kier molecular flexibility index (Phi) is 4.74. The van der Waals surface area contributed by atoms with Gasteiger partial charge in [-0.1, -0.05) is 30.3 Å². The lowest BCUT2D eigenvalue weighted by atomic mass is 9.96. The third kappa shape index (κ3) is 3.16. The molecule has 2 aliphatic rings. The number of hydrogen-bond acceptors (Lipinski definition) is 3. The van der Waals surface area contributed by atoms with Gasteiger partial charge in [0, 0.05) is 12.0 Å². The molecule has 120 valence electrons. The summed E-state index contributed by atoms with van der Waals surface area (Å²) < 4.78 is 11.4. The van der Waals surface area contributed by atoms with Gasteiger partial charge in [-0.25, -0.2) is 0 Å². The monoisotopic (exact) mass is 322 g/mol. The number of alkyl halides is 1. The molecule has 2 fully saturated rings. The average molecular weight is 323 g/mol. The second-order valence-corrected chi connectivity index (χ2v) is 6.82. The number of carbonyl (C=O) groups is 1. The molecule has 0 heterocycles. The van der Waals surface area contributed by atoms with Gasteiger partial charge in [0.15, 0.2) is 0 Å². The Morgan fingerprint density at radius 3 is 2.82 bits per heavy atom. The van der Waals surface area contributed by atoms with Gasteiger partial charge < -0.3 is 9.47 Å². The number of halogens is 1. The predicted molar refractivity (Wildman–Crippen MR) is 85.8 cm³/mol. The molecule has 1 aromatic carbocycles. The standard InChI is InChI=1S/C18H23ClO3/c19-12-16(20)22-18-10-4-8-17(18,14-18)9-5-11-21-13-15-6-2-1-3-7-15/h1-3,6-7H,4-5,8-14H2/t17-,18+/m0/s1.